The molecule has 150 valence electrons. The molecule has 1 aliphatic heterocycles. The van der Waals surface area contributed by atoms with Crippen molar-refractivity contribution in [1.29, 1.82) is 0 Å². The number of carbonyl (C=O) groups is 1. The van der Waals surface area contributed by atoms with Crippen LogP contribution in [-0.4, -0.2) is 39.4 Å². The van der Waals surface area contributed by atoms with Gasteiger partial charge in [0.15, 0.2) is 5.75 Å². The fourth-order valence-corrected chi connectivity index (χ4v) is 3.49. The number of rotatable bonds is 6. The average molecular weight is 393 g/mol. The molecule has 1 aliphatic rings. The smallest absolute Gasteiger partial charge is 0.260 e. The minimum absolute atomic E-state index is 0.0467. The van der Waals surface area contributed by atoms with E-state index in [1.807, 2.05) is 39.1 Å². The molecule has 8 heteroatoms. The summed E-state index contributed by atoms with van der Waals surface area (Å²) in [6, 6.07) is 3.76. The first-order valence-electron chi connectivity index (χ1n) is 9.57. The molecule has 1 amide bonds. The quantitative estimate of drug-likeness (QED) is 0.639. The number of anilines is 1. The Balaban J connectivity index is 1.70. The molecule has 0 N–H and O–H groups in total. The van der Waals surface area contributed by atoms with Crippen molar-refractivity contribution in [2.75, 3.05) is 18.6 Å². The van der Waals surface area contributed by atoms with Crippen LogP contribution in [0.1, 0.15) is 35.5 Å². The second kappa shape index (κ2) is 7.54. The van der Waals surface area contributed by atoms with E-state index < -0.39 is 0 Å². The maximum Gasteiger partial charge on any atom is 0.260 e. The van der Waals surface area contributed by atoms with Crippen molar-refractivity contribution in [3.8, 4) is 22.9 Å². The number of nitrogens with zero attached hydrogens (tertiary/aromatic N) is 5. The molecule has 0 fully saturated rings. The van der Waals surface area contributed by atoms with E-state index in [0.717, 1.165) is 34.7 Å². The highest BCUT2D eigenvalue weighted by molar-refractivity contribution is 6.10. The number of ether oxygens (including phenoxy) is 2. The minimum Gasteiger partial charge on any atom is -0.491 e. The molecule has 3 aromatic rings. The van der Waals surface area contributed by atoms with Gasteiger partial charge in [-0.25, -0.2) is 4.98 Å². The molecule has 0 saturated carbocycles. The predicted molar refractivity (Wildman–Crippen MR) is 108 cm³/mol. The molecule has 0 bridgehead atoms. The fraction of sp³-hybridized carbons (Fsp3) is 0.333. The van der Waals surface area contributed by atoms with E-state index in [2.05, 4.69) is 10.1 Å². The van der Waals surface area contributed by atoms with Gasteiger partial charge in [-0.05, 0) is 38.5 Å². The van der Waals surface area contributed by atoms with Gasteiger partial charge in [-0.15, -0.1) is 0 Å². The van der Waals surface area contributed by atoms with E-state index in [1.54, 1.807) is 29.1 Å². The van der Waals surface area contributed by atoms with Crippen LogP contribution in [0.25, 0.3) is 11.3 Å². The summed E-state index contributed by atoms with van der Waals surface area (Å²) >= 11 is 0. The SMILES string of the molecule is CCOc1ncc(-c2cc(C)c3c(n2)CN(c2cnn(CC)c2)C3=O)cc1OC. The van der Waals surface area contributed by atoms with Crippen LogP contribution in [0, 0.1) is 6.92 Å². The standard InChI is InChI=1S/C21H23N5O3/c1-5-25-11-15(10-23-25)26-12-17-19(21(26)27)13(3)7-16(24-17)14-8-18(28-4)20(22-9-14)29-6-2/h7-11H,5-6,12H2,1-4H3. The summed E-state index contributed by atoms with van der Waals surface area (Å²) < 4.78 is 12.7. The zero-order chi connectivity index (χ0) is 20.5. The van der Waals surface area contributed by atoms with Gasteiger partial charge in [-0.1, -0.05) is 0 Å². The Morgan fingerprint density at radius 3 is 2.72 bits per heavy atom. The van der Waals surface area contributed by atoms with Crippen molar-refractivity contribution in [3.05, 3.63) is 47.5 Å². The van der Waals surface area contributed by atoms with E-state index >= 15 is 0 Å². The first kappa shape index (κ1) is 18.9. The zero-order valence-electron chi connectivity index (χ0n) is 17.0. The van der Waals surface area contributed by atoms with Gasteiger partial charge in [-0.2, -0.15) is 5.10 Å². The maximum atomic E-state index is 13.0. The van der Waals surface area contributed by atoms with E-state index in [9.17, 15) is 4.79 Å². The van der Waals surface area contributed by atoms with Crippen LogP contribution < -0.4 is 14.4 Å². The number of methoxy groups -OCH3 is 1. The average Bonchev–Trinajstić information content (AvgIpc) is 3.33. The van der Waals surface area contributed by atoms with Crippen LogP contribution in [-0.2, 0) is 13.1 Å². The molecular formula is C21H23N5O3. The van der Waals surface area contributed by atoms with Gasteiger partial charge in [-0.3, -0.25) is 19.4 Å². The highest BCUT2D eigenvalue weighted by Crippen LogP contribution is 2.34. The summed E-state index contributed by atoms with van der Waals surface area (Å²) in [5.74, 6) is 0.953. The van der Waals surface area contributed by atoms with Crippen LogP contribution in [0.2, 0.25) is 0 Å². The predicted octanol–water partition coefficient (Wildman–Crippen LogP) is 3.24. The lowest BCUT2D eigenvalue weighted by Crippen LogP contribution is -2.22. The molecule has 29 heavy (non-hydrogen) atoms. The van der Waals surface area contributed by atoms with Crippen molar-refractivity contribution in [2.24, 2.45) is 0 Å². The maximum absolute atomic E-state index is 13.0. The van der Waals surface area contributed by atoms with Gasteiger partial charge in [0.1, 0.15) is 0 Å². The summed E-state index contributed by atoms with van der Waals surface area (Å²) in [6.07, 6.45) is 5.30. The van der Waals surface area contributed by atoms with E-state index in [4.69, 9.17) is 14.5 Å². The van der Waals surface area contributed by atoms with Gasteiger partial charge < -0.3 is 9.47 Å². The Bertz CT molecular complexity index is 1080. The van der Waals surface area contributed by atoms with Crippen molar-refractivity contribution in [1.82, 2.24) is 19.7 Å². The number of carbonyl (C=O) groups excluding carboxylic acids is 1. The second-order valence-corrected chi connectivity index (χ2v) is 6.76. The topological polar surface area (TPSA) is 82.4 Å². The molecule has 4 rings (SSSR count). The fourth-order valence-electron chi connectivity index (χ4n) is 3.49. The van der Waals surface area contributed by atoms with Crippen LogP contribution in [0.15, 0.2) is 30.7 Å². The highest BCUT2D eigenvalue weighted by Gasteiger charge is 2.32. The molecule has 0 radical (unpaired) electrons. The summed E-state index contributed by atoms with van der Waals surface area (Å²) in [7, 11) is 1.58. The molecule has 0 saturated heterocycles. The molecule has 4 heterocycles. The lowest BCUT2D eigenvalue weighted by atomic mass is 10.1. The van der Waals surface area contributed by atoms with Crippen molar-refractivity contribution in [2.45, 2.75) is 33.9 Å². The number of hydrogen-bond donors (Lipinski definition) is 0. The Hall–Kier alpha value is -3.42. The number of aromatic nitrogens is 4. The van der Waals surface area contributed by atoms with E-state index in [-0.39, 0.29) is 5.91 Å². The Morgan fingerprint density at radius 1 is 1.21 bits per heavy atom. The first-order chi connectivity index (χ1) is 14.0. The third-order valence-electron chi connectivity index (χ3n) is 4.93. The van der Waals surface area contributed by atoms with Crippen molar-refractivity contribution < 1.29 is 14.3 Å². The normalized spacial score (nSPS) is 13.0. The van der Waals surface area contributed by atoms with Crippen molar-refractivity contribution >= 4 is 11.6 Å². The highest BCUT2D eigenvalue weighted by atomic mass is 16.5. The number of pyridine rings is 2. The monoisotopic (exact) mass is 393 g/mol. The van der Waals surface area contributed by atoms with E-state index in [1.165, 1.54) is 0 Å². The third kappa shape index (κ3) is 3.30. The summed E-state index contributed by atoms with van der Waals surface area (Å²) in [5.41, 5.74) is 4.62. The summed E-state index contributed by atoms with van der Waals surface area (Å²) in [6.45, 7) is 7.51. The summed E-state index contributed by atoms with van der Waals surface area (Å²) in [5, 5.41) is 4.27. The first-order valence-corrected chi connectivity index (χ1v) is 9.57. The molecular weight excluding hydrogens is 370 g/mol. The number of fused-ring (bicyclic) bond motifs is 1. The van der Waals surface area contributed by atoms with Gasteiger partial charge in [0.05, 0.1) is 49.1 Å². The number of aryl methyl sites for hydroxylation is 2. The Labute approximate surface area is 169 Å². The molecule has 3 aromatic heterocycles. The van der Waals surface area contributed by atoms with Gasteiger partial charge in [0, 0.05) is 24.5 Å². The van der Waals surface area contributed by atoms with Crippen LogP contribution in [0.5, 0.6) is 11.6 Å². The minimum atomic E-state index is -0.0467. The number of hydrogen-bond acceptors (Lipinski definition) is 6. The van der Waals surface area contributed by atoms with Crippen LogP contribution in [0.4, 0.5) is 5.69 Å². The molecule has 0 atom stereocenters. The summed E-state index contributed by atoms with van der Waals surface area (Å²) in [4.78, 5) is 23.8. The van der Waals surface area contributed by atoms with Crippen LogP contribution >= 0.6 is 0 Å². The molecule has 0 unspecified atom stereocenters. The molecule has 8 nitrogen and oxygen atoms in total. The third-order valence-corrected chi connectivity index (χ3v) is 4.93. The Morgan fingerprint density at radius 2 is 2.03 bits per heavy atom. The lowest BCUT2D eigenvalue weighted by Gasteiger charge is -2.12. The van der Waals surface area contributed by atoms with E-state index in [0.29, 0.717) is 30.3 Å². The molecule has 0 aromatic carbocycles. The molecule has 0 spiro atoms. The largest absolute Gasteiger partial charge is 0.491 e. The van der Waals surface area contributed by atoms with Gasteiger partial charge in [0.2, 0.25) is 0 Å². The lowest BCUT2D eigenvalue weighted by molar-refractivity contribution is 0.0996. The number of amides is 1. The van der Waals surface area contributed by atoms with Crippen molar-refractivity contribution in [3.63, 3.8) is 0 Å². The second-order valence-electron chi connectivity index (χ2n) is 6.76. The zero-order valence-corrected chi connectivity index (χ0v) is 17.0. The Kier molecular flexibility index (Phi) is 4.92. The van der Waals surface area contributed by atoms with Gasteiger partial charge >= 0.3 is 0 Å². The van der Waals surface area contributed by atoms with Gasteiger partial charge in [0.25, 0.3) is 11.8 Å². The van der Waals surface area contributed by atoms with Crippen LogP contribution in [0.3, 0.4) is 0 Å². The molecule has 0 aliphatic carbocycles.